The Balaban J connectivity index is 2.92. The van der Waals surface area contributed by atoms with Crippen LogP contribution in [0.1, 0.15) is 49.5 Å². The fraction of sp³-hybridized carbons (Fsp3) is 0.562. The van der Waals surface area contributed by atoms with Crippen LogP contribution >= 0.6 is 0 Å². The highest BCUT2D eigenvalue weighted by atomic mass is 16.3. The minimum atomic E-state index is -0.0735. The second-order valence-electron chi connectivity index (χ2n) is 5.00. The Bertz CT molecular complexity index is 425. The monoisotopic (exact) mass is 263 g/mol. The van der Waals surface area contributed by atoms with E-state index in [9.17, 15) is 9.90 Å². The van der Waals surface area contributed by atoms with E-state index in [0.29, 0.717) is 18.0 Å². The first-order valence-corrected chi connectivity index (χ1v) is 7.12. The number of aromatic hydroxyl groups is 1. The van der Waals surface area contributed by atoms with Gasteiger partial charge in [-0.1, -0.05) is 38.8 Å². The standard InChI is InChI=1S/C16H25NO2/c1-5-13(6-2)11-17(7-3)16(19)14-10-8-9-12(4)15(14)18/h8-10,13,18H,5-7,11H2,1-4H3. The number of amides is 1. The molecule has 0 bridgehead atoms. The molecule has 19 heavy (non-hydrogen) atoms. The van der Waals surface area contributed by atoms with Crippen LogP contribution in [-0.2, 0) is 0 Å². The Kier molecular flexibility index (Phi) is 5.87. The van der Waals surface area contributed by atoms with Crippen molar-refractivity contribution in [1.29, 1.82) is 0 Å². The third kappa shape index (κ3) is 3.72. The number of rotatable bonds is 6. The van der Waals surface area contributed by atoms with E-state index in [4.69, 9.17) is 0 Å². The molecule has 3 heteroatoms. The van der Waals surface area contributed by atoms with Crippen LogP contribution in [0.25, 0.3) is 0 Å². The van der Waals surface area contributed by atoms with E-state index in [1.807, 2.05) is 30.9 Å². The maximum Gasteiger partial charge on any atom is 0.257 e. The minimum absolute atomic E-state index is 0.0735. The lowest BCUT2D eigenvalue weighted by molar-refractivity contribution is 0.0731. The van der Waals surface area contributed by atoms with E-state index < -0.39 is 0 Å². The number of para-hydroxylation sites is 1. The number of nitrogens with zero attached hydrogens (tertiary/aromatic N) is 1. The molecule has 0 saturated carbocycles. The van der Waals surface area contributed by atoms with Gasteiger partial charge >= 0.3 is 0 Å². The highest BCUT2D eigenvalue weighted by Crippen LogP contribution is 2.23. The van der Waals surface area contributed by atoms with Gasteiger partial charge in [-0.2, -0.15) is 0 Å². The van der Waals surface area contributed by atoms with Gasteiger partial charge in [0.15, 0.2) is 0 Å². The molecule has 0 aliphatic rings. The molecule has 0 saturated heterocycles. The van der Waals surface area contributed by atoms with Crippen LogP contribution in [-0.4, -0.2) is 29.0 Å². The van der Waals surface area contributed by atoms with Crippen LogP contribution in [0.3, 0.4) is 0 Å². The van der Waals surface area contributed by atoms with Crippen molar-refractivity contribution in [3.63, 3.8) is 0 Å². The van der Waals surface area contributed by atoms with Crippen LogP contribution in [0, 0.1) is 12.8 Å². The zero-order valence-corrected chi connectivity index (χ0v) is 12.4. The quantitative estimate of drug-likeness (QED) is 0.852. The zero-order valence-electron chi connectivity index (χ0n) is 12.4. The summed E-state index contributed by atoms with van der Waals surface area (Å²) in [6.45, 7) is 9.52. The SMILES string of the molecule is CCC(CC)CN(CC)C(=O)c1cccc(C)c1O. The number of benzene rings is 1. The van der Waals surface area contributed by atoms with E-state index >= 15 is 0 Å². The lowest BCUT2D eigenvalue weighted by Gasteiger charge is -2.26. The van der Waals surface area contributed by atoms with Crippen molar-refractivity contribution < 1.29 is 9.90 Å². The molecule has 0 unspecified atom stereocenters. The number of phenolic OH excluding ortho intramolecular Hbond substituents is 1. The molecule has 0 aromatic heterocycles. The topological polar surface area (TPSA) is 40.5 Å². The maximum absolute atomic E-state index is 12.5. The summed E-state index contributed by atoms with van der Waals surface area (Å²) in [5, 5.41) is 10.0. The van der Waals surface area contributed by atoms with E-state index in [1.165, 1.54) is 0 Å². The van der Waals surface area contributed by atoms with Crippen LogP contribution < -0.4 is 0 Å². The molecule has 0 aliphatic carbocycles. The van der Waals surface area contributed by atoms with Gasteiger partial charge in [-0.25, -0.2) is 0 Å². The summed E-state index contributed by atoms with van der Waals surface area (Å²) in [6, 6.07) is 5.32. The van der Waals surface area contributed by atoms with Crippen molar-refractivity contribution in [2.24, 2.45) is 5.92 Å². The smallest absolute Gasteiger partial charge is 0.257 e. The van der Waals surface area contributed by atoms with Gasteiger partial charge in [-0.15, -0.1) is 0 Å². The number of hydrogen-bond acceptors (Lipinski definition) is 2. The summed E-state index contributed by atoms with van der Waals surface area (Å²) in [6.07, 6.45) is 2.14. The van der Waals surface area contributed by atoms with Gasteiger partial charge in [0, 0.05) is 13.1 Å². The van der Waals surface area contributed by atoms with E-state index in [0.717, 1.165) is 24.9 Å². The molecule has 3 nitrogen and oxygen atoms in total. The fourth-order valence-corrected chi connectivity index (χ4v) is 2.22. The van der Waals surface area contributed by atoms with Crippen molar-refractivity contribution in [3.8, 4) is 5.75 Å². The maximum atomic E-state index is 12.5. The Hall–Kier alpha value is -1.51. The summed E-state index contributed by atoms with van der Waals surface area (Å²) in [4.78, 5) is 14.3. The highest BCUT2D eigenvalue weighted by molar-refractivity contribution is 5.97. The first kappa shape index (κ1) is 15.5. The largest absolute Gasteiger partial charge is 0.507 e. The van der Waals surface area contributed by atoms with Crippen molar-refractivity contribution in [1.82, 2.24) is 4.90 Å². The van der Waals surface area contributed by atoms with Gasteiger partial charge in [-0.3, -0.25) is 4.79 Å². The van der Waals surface area contributed by atoms with Gasteiger partial charge in [-0.05, 0) is 31.4 Å². The first-order chi connectivity index (χ1) is 9.04. The summed E-state index contributed by atoms with van der Waals surface area (Å²) in [5.74, 6) is 0.557. The van der Waals surface area contributed by atoms with Crippen molar-refractivity contribution in [2.75, 3.05) is 13.1 Å². The predicted molar refractivity (Wildman–Crippen MR) is 78.5 cm³/mol. The predicted octanol–water partition coefficient (Wildman–Crippen LogP) is 3.60. The van der Waals surface area contributed by atoms with E-state index in [-0.39, 0.29) is 11.7 Å². The molecule has 0 radical (unpaired) electrons. The van der Waals surface area contributed by atoms with Crippen molar-refractivity contribution in [2.45, 2.75) is 40.5 Å². The molecule has 0 aliphatic heterocycles. The highest BCUT2D eigenvalue weighted by Gasteiger charge is 2.20. The number of aryl methyl sites for hydroxylation is 1. The Morgan fingerprint density at radius 2 is 1.89 bits per heavy atom. The number of carbonyl (C=O) groups excluding carboxylic acids is 1. The van der Waals surface area contributed by atoms with Gasteiger partial charge < -0.3 is 10.0 Å². The third-order valence-corrected chi connectivity index (χ3v) is 3.77. The molecular weight excluding hydrogens is 238 g/mol. The molecule has 1 amide bonds. The van der Waals surface area contributed by atoms with Crippen LogP contribution in [0.15, 0.2) is 18.2 Å². The fourth-order valence-electron chi connectivity index (χ4n) is 2.22. The third-order valence-electron chi connectivity index (χ3n) is 3.77. The summed E-state index contributed by atoms with van der Waals surface area (Å²) >= 11 is 0. The normalized spacial score (nSPS) is 10.8. The Morgan fingerprint density at radius 3 is 2.42 bits per heavy atom. The van der Waals surface area contributed by atoms with Gasteiger partial charge in [0.1, 0.15) is 5.75 Å². The second kappa shape index (κ2) is 7.17. The van der Waals surface area contributed by atoms with Crippen LogP contribution in [0.4, 0.5) is 0 Å². The van der Waals surface area contributed by atoms with E-state index in [2.05, 4.69) is 13.8 Å². The molecule has 1 rings (SSSR count). The lowest BCUT2D eigenvalue weighted by atomic mass is 10.0. The zero-order chi connectivity index (χ0) is 14.4. The summed E-state index contributed by atoms with van der Waals surface area (Å²) in [7, 11) is 0. The molecule has 0 atom stereocenters. The first-order valence-electron chi connectivity index (χ1n) is 7.12. The van der Waals surface area contributed by atoms with Gasteiger partial charge in [0.05, 0.1) is 5.56 Å². The van der Waals surface area contributed by atoms with Gasteiger partial charge in [0.25, 0.3) is 5.91 Å². The second-order valence-corrected chi connectivity index (χ2v) is 5.00. The van der Waals surface area contributed by atoms with Crippen LogP contribution in [0.2, 0.25) is 0 Å². The number of hydrogen-bond donors (Lipinski definition) is 1. The average molecular weight is 263 g/mol. The molecule has 1 aromatic rings. The number of phenols is 1. The average Bonchev–Trinajstić information content (AvgIpc) is 2.43. The van der Waals surface area contributed by atoms with E-state index in [1.54, 1.807) is 6.07 Å². The molecule has 0 fully saturated rings. The van der Waals surface area contributed by atoms with Gasteiger partial charge in [0.2, 0.25) is 0 Å². The lowest BCUT2D eigenvalue weighted by Crippen LogP contribution is -2.35. The minimum Gasteiger partial charge on any atom is -0.507 e. The molecular formula is C16H25NO2. The van der Waals surface area contributed by atoms with Crippen molar-refractivity contribution >= 4 is 5.91 Å². The van der Waals surface area contributed by atoms with Crippen molar-refractivity contribution in [3.05, 3.63) is 29.3 Å². The molecule has 0 spiro atoms. The van der Waals surface area contributed by atoms with Crippen LogP contribution in [0.5, 0.6) is 5.75 Å². The molecule has 0 heterocycles. The number of carbonyl (C=O) groups is 1. The summed E-state index contributed by atoms with van der Waals surface area (Å²) in [5.41, 5.74) is 1.15. The summed E-state index contributed by atoms with van der Waals surface area (Å²) < 4.78 is 0. The molecule has 1 N–H and O–H groups in total. The molecule has 106 valence electrons. The Labute approximate surface area is 116 Å². The molecule has 1 aromatic carbocycles. The Morgan fingerprint density at radius 1 is 1.26 bits per heavy atom.